The zero-order chi connectivity index (χ0) is 18.1. The summed E-state index contributed by atoms with van der Waals surface area (Å²) in [6.45, 7) is 4.81. The molecule has 3 heterocycles. The largest absolute Gasteiger partial charge is 0.495 e. The number of aromatic nitrogens is 2. The molecule has 1 saturated heterocycles. The van der Waals surface area contributed by atoms with Crippen LogP contribution in [0.1, 0.15) is 16.3 Å². The number of methoxy groups -OCH3 is 1. The molecular formula is C20H22N4O2. The van der Waals surface area contributed by atoms with Crippen LogP contribution in [-0.4, -0.2) is 53.5 Å². The van der Waals surface area contributed by atoms with E-state index in [2.05, 4.69) is 16.0 Å². The van der Waals surface area contributed by atoms with Crippen molar-refractivity contribution in [2.24, 2.45) is 0 Å². The fraction of sp³-hybridized carbons (Fsp3) is 0.300. The van der Waals surface area contributed by atoms with Crippen molar-refractivity contribution in [1.82, 2.24) is 14.3 Å². The number of amides is 1. The normalized spacial score (nSPS) is 14.7. The van der Waals surface area contributed by atoms with Gasteiger partial charge in [-0.05, 0) is 31.2 Å². The first-order valence-electron chi connectivity index (χ1n) is 8.80. The standard InChI is InChI=1S/C20H22N4O2/c1-15-21-19(17-8-5-6-10-24(15)17)20(25)23-13-11-22(12-14-23)16-7-3-4-9-18(16)26-2/h3-10H,11-14H2,1-2H3. The van der Waals surface area contributed by atoms with Gasteiger partial charge in [-0.1, -0.05) is 18.2 Å². The summed E-state index contributed by atoms with van der Waals surface area (Å²) in [7, 11) is 1.69. The molecule has 3 aromatic rings. The number of pyridine rings is 1. The third-order valence-electron chi connectivity index (χ3n) is 4.92. The second kappa shape index (κ2) is 6.71. The third kappa shape index (κ3) is 2.77. The van der Waals surface area contributed by atoms with Crippen LogP contribution in [0, 0.1) is 6.92 Å². The summed E-state index contributed by atoms with van der Waals surface area (Å²) < 4.78 is 7.41. The Morgan fingerprint density at radius 2 is 1.77 bits per heavy atom. The maximum atomic E-state index is 13.0. The molecule has 134 valence electrons. The van der Waals surface area contributed by atoms with E-state index in [9.17, 15) is 4.79 Å². The predicted molar refractivity (Wildman–Crippen MR) is 101 cm³/mol. The lowest BCUT2D eigenvalue weighted by atomic mass is 10.2. The van der Waals surface area contributed by atoms with Crippen LogP contribution in [0.25, 0.3) is 5.52 Å². The van der Waals surface area contributed by atoms with Crippen LogP contribution in [0.4, 0.5) is 5.69 Å². The van der Waals surface area contributed by atoms with Gasteiger partial charge in [0.05, 0.1) is 18.3 Å². The number of rotatable bonds is 3. The number of nitrogens with zero attached hydrogens (tertiary/aromatic N) is 4. The number of para-hydroxylation sites is 2. The van der Waals surface area contributed by atoms with E-state index in [1.54, 1.807) is 7.11 Å². The second-order valence-corrected chi connectivity index (χ2v) is 6.41. The molecule has 0 atom stereocenters. The van der Waals surface area contributed by atoms with Crippen molar-refractivity contribution in [1.29, 1.82) is 0 Å². The van der Waals surface area contributed by atoms with Crippen LogP contribution < -0.4 is 9.64 Å². The number of anilines is 1. The van der Waals surface area contributed by atoms with Crippen molar-refractivity contribution in [3.05, 3.63) is 60.2 Å². The van der Waals surface area contributed by atoms with Gasteiger partial charge in [0.2, 0.25) is 0 Å². The van der Waals surface area contributed by atoms with Gasteiger partial charge in [-0.15, -0.1) is 0 Å². The summed E-state index contributed by atoms with van der Waals surface area (Å²) in [6.07, 6.45) is 1.94. The van der Waals surface area contributed by atoms with Gasteiger partial charge in [0.25, 0.3) is 5.91 Å². The molecule has 0 bridgehead atoms. The smallest absolute Gasteiger partial charge is 0.274 e. The monoisotopic (exact) mass is 350 g/mol. The lowest BCUT2D eigenvalue weighted by molar-refractivity contribution is 0.0743. The van der Waals surface area contributed by atoms with Crippen molar-refractivity contribution in [3.63, 3.8) is 0 Å². The predicted octanol–water partition coefficient (Wildman–Crippen LogP) is 2.61. The van der Waals surface area contributed by atoms with Crippen LogP contribution in [0.5, 0.6) is 5.75 Å². The zero-order valence-electron chi connectivity index (χ0n) is 15.1. The van der Waals surface area contributed by atoms with Gasteiger partial charge in [-0.25, -0.2) is 4.98 Å². The van der Waals surface area contributed by atoms with E-state index in [0.717, 1.165) is 35.9 Å². The minimum absolute atomic E-state index is 0.00137. The number of aryl methyl sites for hydroxylation is 1. The SMILES string of the molecule is COc1ccccc1N1CCN(C(=O)c2nc(C)n3ccccc23)CC1. The van der Waals surface area contributed by atoms with Crippen LogP contribution in [-0.2, 0) is 0 Å². The summed E-state index contributed by atoms with van der Waals surface area (Å²) in [5.41, 5.74) is 2.47. The molecule has 0 spiro atoms. The van der Waals surface area contributed by atoms with Gasteiger partial charge >= 0.3 is 0 Å². The minimum Gasteiger partial charge on any atom is -0.495 e. The number of imidazole rings is 1. The molecule has 0 unspecified atom stereocenters. The summed E-state index contributed by atoms with van der Waals surface area (Å²) in [5.74, 6) is 1.70. The maximum Gasteiger partial charge on any atom is 0.274 e. The molecule has 0 saturated carbocycles. The number of fused-ring (bicyclic) bond motifs is 1. The summed E-state index contributed by atoms with van der Waals surface area (Å²) in [5, 5.41) is 0. The Morgan fingerprint density at radius 3 is 2.54 bits per heavy atom. The molecule has 0 N–H and O–H groups in total. The summed E-state index contributed by atoms with van der Waals surface area (Å²) >= 11 is 0. The Bertz CT molecular complexity index is 942. The van der Waals surface area contributed by atoms with Crippen LogP contribution in [0.2, 0.25) is 0 Å². The third-order valence-corrected chi connectivity index (χ3v) is 4.92. The Morgan fingerprint density at radius 1 is 1.04 bits per heavy atom. The summed E-state index contributed by atoms with van der Waals surface area (Å²) in [4.78, 5) is 21.7. The average molecular weight is 350 g/mol. The highest BCUT2D eigenvalue weighted by Gasteiger charge is 2.26. The van der Waals surface area contributed by atoms with E-state index >= 15 is 0 Å². The van der Waals surface area contributed by atoms with Gasteiger partial charge in [0.15, 0.2) is 5.69 Å². The first kappa shape index (κ1) is 16.4. The molecule has 1 aromatic carbocycles. The van der Waals surface area contributed by atoms with Crippen LogP contribution in [0.3, 0.4) is 0 Å². The highest BCUT2D eigenvalue weighted by atomic mass is 16.5. The molecule has 0 aliphatic carbocycles. The number of carbonyl (C=O) groups is 1. The number of ether oxygens (including phenoxy) is 1. The molecule has 6 heteroatoms. The van der Waals surface area contributed by atoms with Crippen molar-refractivity contribution >= 4 is 17.1 Å². The number of hydrogen-bond acceptors (Lipinski definition) is 4. The fourth-order valence-corrected chi connectivity index (χ4v) is 3.54. The number of hydrogen-bond donors (Lipinski definition) is 0. The first-order valence-corrected chi connectivity index (χ1v) is 8.80. The van der Waals surface area contributed by atoms with Crippen molar-refractivity contribution in [3.8, 4) is 5.75 Å². The van der Waals surface area contributed by atoms with E-state index in [1.165, 1.54) is 0 Å². The molecular weight excluding hydrogens is 328 g/mol. The lowest BCUT2D eigenvalue weighted by Crippen LogP contribution is -2.49. The molecule has 1 aliphatic heterocycles. The molecule has 1 fully saturated rings. The van der Waals surface area contributed by atoms with Crippen LogP contribution in [0.15, 0.2) is 48.7 Å². The van der Waals surface area contributed by atoms with E-state index in [0.29, 0.717) is 18.8 Å². The molecule has 1 aliphatic rings. The van der Waals surface area contributed by atoms with E-state index in [4.69, 9.17) is 4.74 Å². The zero-order valence-corrected chi connectivity index (χ0v) is 15.1. The molecule has 6 nitrogen and oxygen atoms in total. The van der Waals surface area contributed by atoms with Crippen LogP contribution >= 0.6 is 0 Å². The highest BCUT2D eigenvalue weighted by molar-refractivity contribution is 5.99. The van der Waals surface area contributed by atoms with Gasteiger partial charge < -0.3 is 18.9 Å². The van der Waals surface area contributed by atoms with Crippen molar-refractivity contribution < 1.29 is 9.53 Å². The molecule has 1 amide bonds. The maximum absolute atomic E-state index is 13.0. The van der Waals surface area contributed by atoms with Crippen molar-refractivity contribution in [2.75, 3.05) is 38.2 Å². The first-order chi connectivity index (χ1) is 12.7. The molecule has 4 rings (SSSR count). The Hall–Kier alpha value is -3.02. The average Bonchev–Trinajstić information content (AvgIpc) is 3.04. The van der Waals surface area contributed by atoms with E-state index < -0.39 is 0 Å². The minimum atomic E-state index is 0.00137. The van der Waals surface area contributed by atoms with E-state index in [-0.39, 0.29) is 5.91 Å². The quantitative estimate of drug-likeness (QED) is 0.729. The van der Waals surface area contributed by atoms with Gasteiger partial charge in [-0.2, -0.15) is 0 Å². The van der Waals surface area contributed by atoms with Gasteiger partial charge in [0, 0.05) is 32.4 Å². The molecule has 26 heavy (non-hydrogen) atoms. The van der Waals surface area contributed by atoms with Crippen molar-refractivity contribution in [2.45, 2.75) is 6.92 Å². The number of piperazine rings is 1. The fourth-order valence-electron chi connectivity index (χ4n) is 3.54. The number of benzene rings is 1. The highest BCUT2D eigenvalue weighted by Crippen LogP contribution is 2.28. The lowest BCUT2D eigenvalue weighted by Gasteiger charge is -2.36. The van der Waals surface area contributed by atoms with Gasteiger partial charge in [0.1, 0.15) is 11.6 Å². The van der Waals surface area contributed by atoms with Gasteiger partial charge in [-0.3, -0.25) is 4.79 Å². The topological polar surface area (TPSA) is 50.1 Å². The molecule has 0 radical (unpaired) electrons. The second-order valence-electron chi connectivity index (χ2n) is 6.41. The Labute approximate surface area is 152 Å². The molecule has 2 aromatic heterocycles. The Balaban J connectivity index is 1.52. The summed E-state index contributed by atoms with van der Waals surface area (Å²) in [6, 6.07) is 13.8. The Kier molecular flexibility index (Phi) is 4.24. The number of carbonyl (C=O) groups excluding carboxylic acids is 1. The van der Waals surface area contributed by atoms with E-state index in [1.807, 2.05) is 58.8 Å².